The Morgan fingerprint density at radius 3 is 2.07 bits per heavy atom. The Balaban J connectivity index is 4.15. The van der Waals surface area contributed by atoms with Gasteiger partial charge in [-0.2, -0.15) is 0 Å². The van der Waals surface area contributed by atoms with Crippen LogP contribution < -0.4 is 0 Å². The van der Waals surface area contributed by atoms with E-state index in [1.807, 2.05) is 0 Å². The van der Waals surface area contributed by atoms with E-state index >= 15 is 0 Å². The van der Waals surface area contributed by atoms with Gasteiger partial charge in [-0.15, -0.1) is 10.1 Å². The standard InChI is InChI=1S/C5H11NO8/c7-1-2(8)3(9)4(10)5(11)14-6(12)13/h2-5,7-11H,1H2/t2-,3-,4+,5?/m1/s1. The molecule has 0 amide bonds. The largest absolute Gasteiger partial charge is 0.394 e. The second-order valence-corrected chi connectivity index (χ2v) is 2.45. The molecule has 14 heavy (non-hydrogen) atoms. The zero-order chi connectivity index (χ0) is 11.3. The summed E-state index contributed by atoms with van der Waals surface area (Å²) in [5.74, 6) is 0. The van der Waals surface area contributed by atoms with Crippen LogP contribution in [0.3, 0.4) is 0 Å². The zero-order valence-electron chi connectivity index (χ0n) is 6.92. The highest BCUT2D eigenvalue weighted by Crippen LogP contribution is 2.05. The van der Waals surface area contributed by atoms with Gasteiger partial charge < -0.3 is 25.5 Å². The maximum absolute atomic E-state index is 9.69. The van der Waals surface area contributed by atoms with Gasteiger partial charge in [0, 0.05) is 0 Å². The first-order valence-corrected chi connectivity index (χ1v) is 3.54. The molecule has 0 aromatic carbocycles. The third kappa shape index (κ3) is 3.81. The normalized spacial score (nSPS) is 19.5. The van der Waals surface area contributed by atoms with Gasteiger partial charge in [-0.3, -0.25) is 4.84 Å². The lowest BCUT2D eigenvalue weighted by atomic mass is 10.1. The summed E-state index contributed by atoms with van der Waals surface area (Å²) in [6.45, 7) is -0.872. The number of hydrogen-bond donors (Lipinski definition) is 5. The number of nitrogens with zero attached hydrogens (tertiary/aromatic N) is 1. The summed E-state index contributed by atoms with van der Waals surface area (Å²) >= 11 is 0. The fourth-order valence-electron chi connectivity index (χ4n) is 0.655. The Morgan fingerprint density at radius 1 is 1.21 bits per heavy atom. The van der Waals surface area contributed by atoms with Crippen LogP contribution in [0.2, 0.25) is 0 Å². The molecule has 0 bridgehead atoms. The van der Waals surface area contributed by atoms with Gasteiger partial charge in [0.25, 0.3) is 5.09 Å². The highest BCUT2D eigenvalue weighted by molar-refractivity contribution is 4.75. The van der Waals surface area contributed by atoms with Gasteiger partial charge in [-0.1, -0.05) is 0 Å². The predicted octanol–water partition coefficient (Wildman–Crippen LogP) is -3.41. The van der Waals surface area contributed by atoms with Crippen LogP contribution in [0.5, 0.6) is 0 Å². The minimum absolute atomic E-state index is 0.872. The average molecular weight is 213 g/mol. The van der Waals surface area contributed by atoms with Crippen molar-refractivity contribution in [2.45, 2.75) is 24.6 Å². The highest BCUT2D eigenvalue weighted by Gasteiger charge is 2.32. The third-order valence-corrected chi connectivity index (χ3v) is 1.42. The van der Waals surface area contributed by atoms with Crippen molar-refractivity contribution in [1.29, 1.82) is 0 Å². The lowest BCUT2D eigenvalue weighted by Crippen LogP contribution is -2.47. The first-order valence-electron chi connectivity index (χ1n) is 3.54. The average Bonchev–Trinajstić information content (AvgIpc) is 2.13. The monoisotopic (exact) mass is 213 g/mol. The van der Waals surface area contributed by atoms with Crippen molar-refractivity contribution in [1.82, 2.24) is 0 Å². The smallest absolute Gasteiger partial charge is 0.297 e. The molecule has 1 unspecified atom stereocenters. The number of aliphatic hydroxyl groups excluding tert-OH is 5. The minimum atomic E-state index is -2.29. The van der Waals surface area contributed by atoms with Crippen LogP contribution in [-0.2, 0) is 4.84 Å². The van der Waals surface area contributed by atoms with Crippen molar-refractivity contribution in [3.8, 4) is 0 Å². The molecular weight excluding hydrogens is 202 g/mol. The molecule has 0 fully saturated rings. The summed E-state index contributed by atoms with van der Waals surface area (Å²) in [7, 11) is 0. The summed E-state index contributed by atoms with van der Waals surface area (Å²) in [4.78, 5) is 13.2. The van der Waals surface area contributed by atoms with E-state index in [9.17, 15) is 10.1 Å². The molecule has 0 rings (SSSR count). The van der Waals surface area contributed by atoms with E-state index in [1.54, 1.807) is 0 Å². The van der Waals surface area contributed by atoms with Crippen LogP contribution in [0.25, 0.3) is 0 Å². The van der Waals surface area contributed by atoms with Gasteiger partial charge in [0.05, 0.1) is 6.61 Å². The van der Waals surface area contributed by atoms with Crippen molar-refractivity contribution < 1.29 is 35.5 Å². The maximum atomic E-state index is 9.69. The lowest BCUT2D eigenvalue weighted by molar-refractivity contribution is -0.782. The van der Waals surface area contributed by atoms with Crippen molar-refractivity contribution >= 4 is 0 Å². The van der Waals surface area contributed by atoms with Crippen LogP contribution in [0.1, 0.15) is 0 Å². The fourth-order valence-corrected chi connectivity index (χ4v) is 0.655. The molecule has 9 heteroatoms. The molecule has 5 N–H and O–H groups in total. The summed E-state index contributed by atoms with van der Waals surface area (Å²) in [6, 6.07) is 0. The van der Waals surface area contributed by atoms with Gasteiger partial charge in [0.2, 0.25) is 6.29 Å². The number of aliphatic hydroxyl groups is 5. The quantitative estimate of drug-likeness (QED) is 0.174. The van der Waals surface area contributed by atoms with Crippen molar-refractivity contribution in [2.75, 3.05) is 6.61 Å². The molecule has 0 aromatic heterocycles. The Hall–Kier alpha value is -1.00. The molecule has 0 aliphatic rings. The Kier molecular flexibility index (Phi) is 5.27. The molecule has 84 valence electrons. The predicted molar refractivity (Wildman–Crippen MR) is 39.2 cm³/mol. The van der Waals surface area contributed by atoms with Crippen LogP contribution in [0.15, 0.2) is 0 Å². The molecule has 4 atom stereocenters. The van der Waals surface area contributed by atoms with Crippen LogP contribution in [0.4, 0.5) is 0 Å². The third-order valence-electron chi connectivity index (χ3n) is 1.42. The summed E-state index contributed by atoms with van der Waals surface area (Å²) in [5.41, 5.74) is 0. The molecule has 9 nitrogen and oxygen atoms in total. The van der Waals surface area contributed by atoms with Gasteiger partial charge in [0.1, 0.15) is 18.3 Å². The zero-order valence-corrected chi connectivity index (χ0v) is 6.92. The topological polar surface area (TPSA) is 154 Å². The van der Waals surface area contributed by atoms with Crippen molar-refractivity contribution in [2.24, 2.45) is 0 Å². The number of hydrogen-bond acceptors (Lipinski definition) is 8. The molecule has 0 spiro atoms. The van der Waals surface area contributed by atoms with Crippen LogP contribution >= 0.6 is 0 Å². The Morgan fingerprint density at radius 2 is 1.71 bits per heavy atom. The molecule has 0 aliphatic heterocycles. The molecule has 0 saturated heterocycles. The van der Waals surface area contributed by atoms with E-state index in [-0.39, 0.29) is 0 Å². The Labute approximate surface area is 77.9 Å². The summed E-state index contributed by atoms with van der Waals surface area (Å²) in [5, 5.41) is 52.1. The van der Waals surface area contributed by atoms with Gasteiger partial charge in [-0.05, 0) is 0 Å². The van der Waals surface area contributed by atoms with Gasteiger partial charge in [0.15, 0.2) is 0 Å². The first-order chi connectivity index (χ1) is 6.40. The fraction of sp³-hybridized carbons (Fsp3) is 1.00. The minimum Gasteiger partial charge on any atom is -0.394 e. The maximum Gasteiger partial charge on any atom is 0.297 e. The Bertz CT molecular complexity index is 187. The van der Waals surface area contributed by atoms with Crippen molar-refractivity contribution in [3.05, 3.63) is 10.1 Å². The molecule has 0 aromatic rings. The van der Waals surface area contributed by atoms with E-state index in [1.165, 1.54) is 0 Å². The van der Waals surface area contributed by atoms with Crippen LogP contribution in [-0.4, -0.2) is 61.8 Å². The molecule has 0 heterocycles. The van der Waals surface area contributed by atoms with Gasteiger partial charge >= 0.3 is 0 Å². The highest BCUT2D eigenvalue weighted by atomic mass is 17.0. The molecule has 0 aliphatic carbocycles. The first kappa shape index (κ1) is 13.0. The van der Waals surface area contributed by atoms with Crippen LogP contribution in [0, 0.1) is 10.1 Å². The van der Waals surface area contributed by atoms with Crippen molar-refractivity contribution in [3.63, 3.8) is 0 Å². The van der Waals surface area contributed by atoms with E-state index in [4.69, 9.17) is 25.5 Å². The SMILES string of the molecule is O=[N+]([O-])OC(O)[C@@H](O)[C@H](O)[C@H](O)CO. The molecule has 0 radical (unpaired) electrons. The van der Waals surface area contributed by atoms with E-state index in [0.717, 1.165) is 0 Å². The second kappa shape index (κ2) is 5.67. The summed E-state index contributed by atoms with van der Waals surface area (Å²) < 4.78 is 0. The van der Waals surface area contributed by atoms with E-state index in [2.05, 4.69) is 4.84 Å². The lowest BCUT2D eigenvalue weighted by Gasteiger charge is -2.23. The summed E-state index contributed by atoms with van der Waals surface area (Å²) in [6.07, 6.45) is -8.06. The van der Waals surface area contributed by atoms with E-state index in [0.29, 0.717) is 0 Å². The molecular formula is C5H11NO8. The number of rotatable bonds is 6. The molecule has 0 saturated carbocycles. The van der Waals surface area contributed by atoms with E-state index < -0.39 is 36.3 Å². The second-order valence-electron chi connectivity index (χ2n) is 2.45. The van der Waals surface area contributed by atoms with Gasteiger partial charge in [-0.25, -0.2) is 0 Å².